The largest absolute Gasteiger partial charge is 0.270 e. The highest BCUT2D eigenvalue weighted by Crippen LogP contribution is 2.48. The monoisotopic (exact) mass is 735 g/mol. The maximum absolute atomic E-state index is 5.02. The van der Waals surface area contributed by atoms with Crippen LogP contribution in [-0.2, 0) is 0 Å². The molecule has 0 saturated carbocycles. The van der Waals surface area contributed by atoms with Gasteiger partial charge in [-0.2, -0.15) is 0 Å². The van der Waals surface area contributed by atoms with Gasteiger partial charge in [0.05, 0.1) is 16.6 Å². The summed E-state index contributed by atoms with van der Waals surface area (Å²) >= 11 is 5.34. The Balaban J connectivity index is 1.25. The van der Waals surface area contributed by atoms with Crippen molar-refractivity contribution in [2.45, 2.75) is 114 Å². The Morgan fingerprint density at radius 2 is 0.627 bits per heavy atom. The van der Waals surface area contributed by atoms with Crippen LogP contribution in [0.2, 0.25) is 0 Å². The summed E-state index contributed by atoms with van der Waals surface area (Å²) in [6.45, 7) is 26.4. The highest BCUT2D eigenvalue weighted by molar-refractivity contribution is 8.16. The molecule has 0 bridgehead atoms. The topological polar surface area (TPSA) is 114 Å². The number of aromatic nitrogens is 6. The molecular formula is C39H45N9S3. The molecule has 3 aliphatic heterocycles. The molecule has 4 aromatic heterocycles. The van der Waals surface area contributed by atoms with Gasteiger partial charge in [0.15, 0.2) is 17.5 Å². The summed E-state index contributed by atoms with van der Waals surface area (Å²) in [6.07, 6.45) is 5.56. The first-order chi connectivity index (χ1) is 23.7. The van der Waals surface area contributed by atoms with Crippen molar-refractivity contribution in [3.8, 4) is 34.6 Å². The minimum atomic E-state index is -0.181. The average Bonchev–Trinajstić information content (AvgIpc) is 3.53. The summed E-state index contributed by atoms with van der Waals surface area (Å²) in [7, 11) is 0. The lowest BCUT2D eigenvalue weighted by Gasteiger charge is -2.30. The lowest BCUT2D eigenvalue weighted by Crippen LogP contribution is -2.36. The molecule has 0 amide bonds. The number of hydrogen-bond acceptors (Lipinski definition) is 12. The lowest BCUT2D eigenvalue weighted by atomic mass is 9.91. The van der Waals surface area contributed by atoms with Gasteiger partial charge < -0.3 is 0 Å². The minimum Gasteiger partial charge on any atom is -0.270 e. The van der Waals surface area contributed by atoms with Crippen LogP contribution < -0.4 is 0 Å². The van der Waals surface area contributed by atoms with Crippen LogP contribution >= 0.6 is 35.3 Å². The fourth-order valence-corrected chi connectivity index (χ4v) is 9.26. The van der Waals surface area contributed by atoms with Crippen molar-refractivity contribution in [2.75, 3.05) is 0 Å². The second kappa shape index (κ2) is 12.0. The van der Waals surface area contributed by atoms with Crippen LogP contribution in [-0.4, -0.2) is 75.9 Å². The number of hydrogen-bond donors (Lipinski definition) is 0. The van der Waals surface area contributed by atoms with Gasteiger partial charge in [0.1, 0.15) is 32.2 Å². The van der Waals surface area contributed by atoms with Gasteiger partial charge in [-0.15, -0.1) is 0 Å². The average molecular weight is 736 g/mol. The summed E-state index contributed by atoms with van der Waals surface area (Å²) in [5, 5.41) is 2.97. The van der Waals surface area contributed by atoms with Gasteiger partial charge >= 0.3 is 0 Å². The quantitative estimate of drug-likeness (QED) is 0.191. The first kappa shape index (κ1) is 35.9. The molecule has 264 valence electrons. The summed E-state index contributed by atoms with van der Waals surface area (Å²) in [4.78, 5) is 44.2. The molecule has 3 aliphatic rings. The summed E-state index contributed by atoms with van der Waals surface area (Å²) in [6, 6.07) is 12.0. The third kappa shape index (κ3) is 6.45. The fourth-order valence-electron chi connectivity index (χ4n) is 5.38. The standard InChI is InChI=1S/C39H45N9S3/c1-34(2)37(7,8)49-31(46-34)22-13-16-25(40-19-22)28-43-29(26-17-14-23(20-41-26)32-47-35(3,4)38(9,10)50-32)45-30(44-28)27-18-15-24(21-42-27)33-48-36(5,6)39(11,12)51-33/h13-21H,1-12H3. The van der Waals surface area contributed by atoms with Gasteiger partial charge in [-0.3, -0.25) is 29.9 Å². The predicted octanol–water partition coefficient (Wildman–Crippen LogP) is 9.21. The van der Waals surface area contributed by atoms with Crippen LogP contribution in [0, 0.1) is 0 Å². The molecule has 0 aromatic carbocycles. The van der Waals surface area contributed by atoms with Gasteiger partial charge in [0.2, 0.25) is 0 Å². The van der Waals surface area contributed by atoms with E-state index in [4.69, 9.17) is 44.9 Å². The van der Waals surface area contributed by atoms with Gasteiger partial charge in [-0.1, -0.05) is 35.3 Å². The second-order valence-electron chi connectivity index (χ2n) is 16.4. The Hall–Kier alpha value is -3.48. The van der Waals surface area contributed by atoms with E-state index in [1.165, 1.54) is 0 Å². The zero-order valence-electron chi connectivity index (χ0n) is 31.4. The Morgan fingerprint density at radius 1 is 0.373 bits per heavy atom. The molecule has 0 fully saturated rings. The second-order valence-corrected chi connectivity index (χ2v) is 21.2. The van der Waals surface area contributed by atoms with Crippen LogP contribution in [0.25, 0.3) is 34.6 Å². The van der Waals surface area contributed by atoms with Gasteiger partial charge in [-0.05, 0) is 119 Å². The summed E-state index contributed by atoms with van der Waals surface area (Å²) in [5.74, 6) is 1.33. The first-order valence-corrected chi connectivity index (χ1v) is 19.7. The molecule has 0 atom stereocenters. The maximum Gasteiger partial charge on any atom is 0.182 e. The van der Waals surface area contributed by atoms with E-state index in [9.17, 15) is 0 Å². The number of thioether (sulfide) groups is 3. The number of pyridine rings is 3. The van der Waals surface area contributed by atoms with E-state index >= 15 is 0 Å². The van der Waals surface area contributed by atoms with E-state index in [1.807, 2.05) is 55.0 Å². The fraction of sp³-hybridized carbons (Fsp3) is 0.462. The van der Waals surface area contributed by atoms with Gasteiger partial charge in [-0.25, -0.2) is 15.0 Å². The van der Waals surface area contributed by atoms with Crippen molar-refractivity contribution >= 4 is 50.4 Å². The van der Waals surface area contributed by atoms with Gasteiger partial charge in [0, 0.05) is 49.5 Å². The highest BCUT2D eigenvalue weighted by Gasteiger charge is 2.46. The zero-order chi connectivity index (χ0) is 36.8. The molecule has 0 saturated heterocycles. The third-order valence-electron chi connectivity index (χ3n) is 11.0. The molecule has 0 unspecified atom stereocenters. The molecule has 0 spiro atoms. The molecule has 4 aromatic rings. The van der Waals surface area contributed by atoms with E-state index in [2.05, 4.69) is 83.1 Å². The van der Waals surface area contributed by atoms with Crippen molar-refractivity contribution in [3.05, 3.63) is 71.7 Å². The van der Waals surface area contributed by atoms with E-state index in [-0.39, 0.29) is 30.9 Å². The van der Waals surface area contributed by atoms with Crippen molar-refractivity contribution < 1.29 is 0 Å². The molecule has 0 radical (unpaired) electrons. The molecule has 0 N–H and O–H groups in total. The molecule has 7 heterocycles. The van der Waals surface area contributed by atoms with Crippen LogP contribution in [0.15, 0.2) is 70.0 Å². The van der Waals surface area contributed by atoms with Crippen molar-refractivity contribution in [2.24, 2.45) is 15.0 Å². The van der Waals surface area contributed by atoms with E-state index < -0.39 is 0 Å². The summed E-state index contributed by atoms with van der Waals surface area (Å²) in [5.41, 5.74) is 4.27. The molecule has 0 aliphatic carbocycles. The number of rotatable bonds is 6. The Labute approximate surface area is 314 Å². The van der Waals surface area contributed by atoms with Crippen molar-refractivity contribution in [3.63, 3.8) is 0 Å². The van der Waals surface area contributed by atoms with E-state index in [1.54, 1.807) is 35.3 Å². The summed E-state index contributed by atoms with van der Waals surface area (Å²) < 4.78 is -0.0564. The smallest absolute Gasteiger partial charge is 0.182 e. The first-order valence-electron chi connectivity index (χ1n) is 17.2. The molecule has 51 heavy (non-hydrogen) atoms. The predicted molar refractivity (Wildman–Crippen MR) is 216 cm³/mol. The maximum atomic E-state index is 5.02. The normalized spacial score (nSPS) is 22.0. The van der Waals surface area contributed by atoms with E-state index in [0.29, 0.717) is 34.6 Å². The Morgan fingerprint density at radius 3 is 0.804 bits per heavy atom. The zero-order valence-corrected chi connectivity index (χ0v) is 33.9. The minimum absolute atomic E-state index is 0.0188. The molecule has 12 heteroatoms. The van der Waals surface area contributed by atoms with Crippen LogP contribution in [0.1, 0.15) is 99.8 Å². The molecular weight excluding hydrogens is 691 g/mol. The molecule has 9 nitrogen and oxygen atoms in total. The van der Waals surface area contributed by atoms with Crippen LogP contribution in [0.5, 0.6) is 0 Å². The van der Waals surface area contributed by atoms with Crippen LogP contribution in [0.4, 0.5) is 0 Å². The Kier molecular flexibility index (Phi) is 8.47. The number of nitrogens with zero attached hydrogens (tertiary/aromatic N) is 9. The highest BCUT2D eigenvalue weighted by atomic mass is 32.2. The number of aliphatic imine (C=N–C) groups is 3. The SMILES string of the molecule is CC1(C)N=C(c2ccc(-c3nc(-c4ccc(C5=NC(C)(C)C(C)(C)S5)cn4)nc(-c4ccc(C5=NC(C)(C)C(C)(C)S5)cn4)n3)nc2)SC1(C)C. The molecule has 7 rings (SSSR count). The third-order valence-corrected chi connectivity index (χ3v) is 15.6. The van der Waals surface area contributed by atoms with E-state index in [0.717, 1.165) is 31.8 Å². The lowest BCUT2D eigenvalue weighted by molar-refractivity contribution is 0.426. The van der Waals surface area contributed by atoms with Gasteiger partial charge in [0.25, 0.3) is 0 Å². The Bertz CT molecular complexity index is 1860. The van der Waals surface area contributed by atoms with Crippen LogP contribution in [0.3, 0.4) is 0 Å². The van der Waals surface area contributed by atoms with Crippen molar-refractivity contribution in [1.29, 1.82) is 0 Å². The van der Waals surface area contributed by atoms with Crippen molar-refractivity contribution in [1.82, 2.24) is 29.9 Å².